The van der Waals surface area contributed by atoms with E-state index in [9.17, 15) is 5.11 Å². The molecule has 2 unspecified atom stereocenters. The standard InChI is InChI=1S/C13H19N3O2.ClH/c1-13(2,3)7-10(17)11(15)18-12-9(8-14)5-4-6-16-12;/h4-6,10-11,17H,7,15H2,1-3H3;1H. The highest BCUT2D eigenvalue weighted by Crippen LogP contribution is 2.23. The number of nitriles is 1. The number of rotatable bonds is 4. The van der Waals surface area contributed by atoms with Crippen LogP contribution in [-0.4, -0.2) is 22.4 Å². The number of nitrogens with two attached hydrogens (primary N) is 1. The summed E-state index contributed by atoms with van der Waals surface area (Å²) in [5.41, 5.74) is 6.01. The maximum atomic E-state index is 9.92. The molecule has 2 atom stereocenters. The smallest absolute Gasteiger partial charge is 0.233 e. The van der Waals surface area contributed by atoms with Crippen molar-refractivity contribution in [3.8, 4) is 11.9 Å². The van der Waals surface area contributed by atoms with Crippen molar-refractivity contribution in [3.05, 3.63) is 23.9 Å². The maximum absolute atomic E-state index is 9.92. The van der Waals surface area contributed by atoms with Crippen LogP contribution in [-0.2, 0) is 0 Å². The first-order valence-corrected chi connectivity index (χ1v) is 5.79. The van der Waals surface area contributed by atoms with Gasteiger partial charge in [0.25, 0.3) is 0 Å². The first kappa shape index (κ1) is 17.6. The zero-order valence-corrected chi connectivity index (χ0v) is 12.1. The maximum Gasteiger partial charge on any atom is 0.233 e. The van der Waals surface area contributed by atoms with Crippen LogP contribution in [0.2, 0.25) is 0 Å². The molecular weight excluding hydrogens is 266 g/mol. The highest BCUT2D eigenvalue weighted by Gasteiger charge is 2.24. The number of pyridine rings is 1. The van der Waals surface area contributed by atoms with Crippen molar-refractivity contribution >= 4 is 12.4 Å². The van der Waals surface area contributed by atoms with E-state index in [4.69, 9.17) is 15.7 Å². The Balaban J connectivity index is 0.00000324. The van der Waals surface area contributed by atoms with Crippen LogP contribution in [0, 0.1) is 16.7 Å². The van der Waals surface area contributed by atoms with Crippen molar-refractivity contribution in [2.24, 2.45) is 11.1 Å². The van der Waals surface area contributed by atoms with E-state index in [1.165, 1.54) is 6.20 Å². The van der Waals surface area contributed by atoms with Gasteiger partial charge in [0.05, 0.1) is 0 Å². The third-order valence-electron chi connectivity index (χ3n) is 2.34. The van der Waals surface area contributed by atoms with Crippen LogP contribution in [0.25, 0.3) is 0 Å². The predicted molar refractivity (Wildman–Crippen MR) is 74.9 cm³/mol. The van der Waals surface area contributed by atoms with Crippen molar-refractivity contribution in [1.82, 2.24) is 4.98 Å². The third-order valence-corrected chi connectivity index (χ3v) is 2.34. The summed E-state index contributed by atoms with van der Waals surface area (Å²) in [7, 11) is 0. The monoisotopic (exact) mass is 285 g/mol. The Morgan fingerprint density at radius 1 is 1.53 bits per heavy atom. The molecule has 0 aliphatic heterocycles. The molecule has 0 saturated carbocycles. The van der Waals surface area contributed by atoms with E-state index in [0.717, 1.165) is 0 Å². The zero-order chi connectivity index (χ0) is 13.8. The summed E-state index contributed by atoms with van der Waals surface area (Å²) in [6, 6.07) is 5.19. The lowest BCUT2D eigenvalue weighted by Crippen LogP contribution is -2.42. The molecule has 1 aromatic heterocycles. The molecule has 0 saturated heterocycles. The van der Waals surface area contributed by atoms with Crippen molar-refractivity contribution in [2.75, 3.05) is 0 Å². The SMILES string of the molecule is CC(C)(C)CC(O)C(N)Oc1ncccc1C#N.Cl. The van der Waals surface area contributed by atoms with E-state index in [0.29, 0.717) is 12.0 Å². The highest BCUT2D eigenvalue weighted by molar-refractivity contribution is 5.85. The number of aliphatic hydroxyl groups is 1. The van der Waals surface area contributed by atoms with Gasteiger partial charge in [-0.2, -0.15) is 5.26 Å². The van der Waals surface area contributed by atoms with E-state index in [1.54, 1.807) is 12.1 Å². The summed E-state index contributed by atoms with van der Waals surface area (Å²) >= 11 is 0. The van der Waals surface area contributed by atoms with Crippen LogP contribution in [0.1, 0.15) is 32.8 Å². The van der Waals surface area contributed by atoms with Gasteiger partial charge in [0, 0.05) is 6.20 Å². The summed E-state index contributed by atoms with van der Waals surface area (Å²) < 4.78 is 5.34. The fourth-order valence-corrected chi connectivity index (χ4v) is 1.52. The van der Waals surface area contributed by atoms with Crippen LogP contribution in [0.5, 0.6) is 5.88 Å². The summed E-state index contributed by atoms with van der Waals surface area (Å²) in [4.78, 5) is 3.93. The molecule has 1 aromatic rings. The average molecular weight is 286 g/mol. The lowest BCUT2D eigenvalue weighted by Gasteiger charge is -2.26. The largest absolute Gasteiger partial charge is 0.455 e. The van der Waals surface area contributed by atoms with Crippen LogP contribution in [0.4, 0.5) is 0 Å². The van der Waals surface area contributed by atoms with Gasteiger partial charge in [-0.05, 0) is 24.0 Å². The minimum absolute atomic E-state index is 0. The first-order valence-electron chi connectivity index (χ1n) is 5.79. The lowest BCUT2D eigenvalue weighted by molar-refractivity contribution is 0.0118. The molecule has 19 heavy (non-hydrogen) atoms. The molecular formula is C13H20ClN3O2. The van der Waals surface area contributed by atoms with Crippen molar-refractivity contribution in [3.63, 3.8) is 0 Å². The first-order chi connectivity index (χ1) is 8.33. The molecule has 0 radical (unpaired) electrons. The number of hydrogen-bond donors (Lipinski definition) is 2. The number of ether oxygens (including phenoxy) is 1. The molecule has 1 heterocycles. The second kappa shape index (κ2) is 7.29. The van der Waals surface area contributed by atoms with Gasteiger partial charge in [-0.1, -0.05) is 20.8 Å². The van der Waals surface area contributed by atoms with Crippen LogP contribution >= 0.6 is 12.4 Å². The van der Waals surface area contributed by atoms with Gasteiger partial charge >= 0.3 is 0 Å². The molecule has 0 amide bonds. The van der Waals surface area contributed by atoms with Crippen molar-refractivity contribution in [1.29, 1.82) is 5.26 Å². The van der Waals surface area contributed by atoms with Gasteiger partial charge in [-0.15, -0.1) is 12.4 Å². The lowest BCUT2D eigenvalue weighted by atomic mass is 9.89. The summed E-state index contributed by atoms with van der Waals surface area (Å²) in [6.07, 6.45) is 0.312. The average Bonchev–Trinajstić information content (AvgIpc) is 2.27. The fraction of sp³-hybridized carbons (Fsp3) is 0.538. The molecule has 1 rings (SSSR count). The quantitative estimate of drug-likeness (QED) is 0.824. The Hall–Kier alpha value is -1.35. The molecule has 5 nitrogen and oxygen atoms in total. The molecule has 0 aliphatic rings. The van der Waals surface area contributed by atoms with E-state index >= 15 is 0 Å². The number of aromatic nitrogens is 1. The second-order valence-electron chi connectivity index (χ2n) is 5.38. The Labute approximate surface area is 119 Å². The highest BCUT2D eigenvalue weighted by atomic mass is 35.5. The van der Waals surface area contributed by atoms with Gasteiger partial charge < -0.3 is 9.84 Å². The van der Waals surface area contributed by atoms with E-state index in [1.807, 2.05) is 26.8 Å². The Kier molecular flexibility index (Phi) is 6.77. The van der Waals surface area contributed by atoms with Crippen molar-refractivity contribution in [2.45, 2.75) is 39.5 Å². The van der Waals surface area contributed by atoms with Crippen molar-refractivity contribution < 1.29 is 9.84 Å². The minimum atomic E-state index is -0.897. The Bertz CT molecular complexity index is 440. The number of nitrogens with zero attached hydrogens (tertiary/aromatic N) is 2. The van der Waals surface area contributed by atoms with Crippen LogP contribution in [0.3, 0.4) is 0 Å². The van der Waals surface area contributed by atoms with Crippen LogP contribution in [0.15, 0.2) is 18.3 Å². The summed E-state index contributed by atoms with van der Waals surface area (Å²) in [5.74, 6) is 0.153. The number of hydrogen-bond acceptors (Lipinski definition) is 5. The van der Waals surface area contributed by atoms with Gasteiger partial charge in [0.2, 0.25) is 5.88 Å². The van der Waals surface area contributed by atoms with Gasteiger partial charge in [0.15, 0.2) is 6.23 Å². The molecule has 0 aliphatic carbocycles. The molecule has 6 heteroatoms. The van der Waals surface area contributed by atoms with Gasteiger partial charge in [-0.25, -0.2) is 4.98 Å². The molecule has 0 fully saturated rings. The fourth-order valence-electron chi connectivity index (χ4n) is 1.52. The molecule has 3 N–H and O–H groups in total. The van der Waals surface area contributed by atoms with E-state index in [2.05, 4.69) is 4.98 Å². The summed E-state index contributed by atoms with van der Waals surface area (Å²) in [5, 5.41) is 18.8. The summed E-state index contributed by atoms with van der Waals surface area (Å²) in [6.45, 7) is 6.01. The number of halogens is 1. The van der Waals surface area contributed by atoms with Gasteiger partial charge in [0.1, 0.15) is 17.7 Å². The topological polar surface area (TPSA) is 92.2 Å². The van der Waals surface area contributed by atoms with E-state index < -0.39 is 12.3 Å². The minimum Gasteiger partial charge on any atom is -0.455 e. The van der Waals surface area contributed by atoms with Gasteiger partial charge in [-0.3, -0.25) is 5.73 Å². The molecule has 0 spiro atoms. The normalized spacial score (nSPS) is 13.9. The molecule has 106 valence electrons. The van der Waals surface area contributed by atoms with E-state index in [-0.39, 0.29) is 23.7 Å². The zero-order valence-electron chi connectivity index (χ0n) is 11.3. The van der Waals surface area contributed by atoms with Crippen LogP contribution < -0.4 is 10.5 Å². The molecule has 0 aromatic carbocycles. The Morgan fingerprint density at radius 2 is 2.16 bits per heavy atom. The second-order valence-corrected chi connectivity index (χ2v) is 5.38. The predicted octanol–water partition coefficient (Wildman–Crippen LogP) is 1.84. The Morgan fingerprint density at radius 3 is 2.68 bits per heavy atom. The molecule has 0 bridgehead atoms. The third kappa shape index (κ3) is 5.88. The number of aliphatic hydroxyl groups excluding tert-OH is 1.